The van der Waals surface area contributed by atoms with E-state index in [2.05, 4.69) is 15.3 Å². The van der Waals surface area contributed by atoms with Crippen LogP contribution in [0.3, 0.4) is 0 Å². The van der Waals surface area contributed by atoms with Gasteiger partial charge < -0.3 is 10.2 Å². The molecular weight excluding hydrogens is 226 g/mol. The molecule has 2 aliphatic heterocycles. The minimum Gasteiger partial charge on any atom is -0.332 e. The number of rotatable bonds is 3. The molecule has 2 atom stereocenters. The zero-order valence-corrected chi connectivity index (χ0v) is 9.82. The fraction of sp³-hybridized carbons (Fsp3) is 0.889. The summed E-state index contributed by atoms with van der Waals surface area (Å²) in [5.41, 5.74) is 8.55. The van der Waals surface area contributed by atoms with E-state index >= 15 is 0 Å². The molecule has 2 rings (SSSR count). The molecule has 0 saturated carbocycles. The van der Waals surface area contributed by atoms with E-state index in [4.69, 9.17) is 5.53 Å². The highest BCUT2D eigenvalue weighted by atomic mass is 32.2. The third kappa shape index (κ3) is 2.42. The summed E-state index contributed by atoms with van der Waals surface area (Å²) in [6.07, 6.45) is 0.913. The van der Waals surface area contributed by atoms with Crippen LogP contribution < -0.4 is 5.32 Å². The molecule has 0 aliphatic carbocycles. The predicted molar refractivity (Wildman–Crippen MR) is 62.9 cm³/mol. The number of hydrogen-bond donors (Lipinski definition) is 1. The maximum Gasteiger partial charge on any atom is 0.232 e. The molecule has 2 unspecified atom stereocenters. The summed E-state index contributed by atoms with van der Waals surface area (Å²) in [5.74, 6) is 1.87. The lowest BCUT2D eigenvalue weighted by molar-refractivity contribution is -0.132. The molecule has 2 aliphatic rings. The maximum absolute atomic E-state index is 12.1. The Balaban J connectivity index is 2.05. The number of hydrogen-bond acceptors (Lipinski definition) is 4. The van der Waals surface area contributed by atoms with Crippen LogP contribution in [0.5, 0.6) is 0 Å². The van der Waals surface area contributed by atoms with Gasteiger partial charge in [0, 0.05) is 17.2 Å². The van der Waals surface area contributed by atoms with Gasteiger partial charge >= 0.3 is 0 Å². The molecule has 2 saturated heterocycles. The Labute approximate surface area is 98.4 Å². The summed E-state index contributed by atoms with van der Waals surface area (Å²) in [7, 11) is 0. The van der Waals surface area contributed by atoms with Crippen molar-refractivity contribution in [3.8, 4) is 0 Å². The van der Waals surface area contributed by atoms with Crippen LogP contribution in [0, 0.1) is 5.92 Å². The summed E-state index contributed by atoms with van der Waals surface area (Å²) in [4.78, 5) is 16.8. The first-order valence-corrected chi connectivity index (χ1v) is 6.60. The van der Waals surface area contributed by atoms with Crippen molar-refractivity contribution in [3.63, 3.8) is 0 Å². The Bertz CT molecular complexity index is 305. The monoisotopic (exact) mass is 241 g/mol. The van der Waals surface area contributed by atoms with Crippen LogP contribution >= 0.6 is 11.8 Å². The molecule has 0 radical (unpaired) electrons. The molecule has 0 spiro atoms. The van der Waals surface area contributed by atoms with E-state index in [0.29, 0.717) is 0 Å². The van der Waals surface area contributed by atoms with Crippen LogP contribution in [0.2, 0.25) is 0 Å². The number of amides is 1. The molecule has 6 nitrogen and oxygen atoms in total. The van der Waals surface area contributed by atoms with Crippen molar-refractivity contribution in [2.24, 2.45) is 11.0 Å². The minimum atomic E-state index is -0.515. The second kappa shape index (κ2) is 5.43. The number of azide groups is 1. The average Bonchev–Trinajstić information content (AvgIpc) is 2.96. The van der Waals surface area contributed by atoms with Crippen molar-refractivity contribution in [2.75, 3.05) is 31.3 Å². The Hall–Kier alpha value is -0.910. The predicted octanol–water partition coefficient (Wildman–Crippen LogP) is 0.808. The fourth-order valence-corrected chi connectivity index (χ4v) is 3.08. The summed E-state index contributed by atoms with van der Waals surface area (Å²) >= 11 is 1.74. The van der Waals surface area contributed by atoms with Gasteiger partial charge in [0.25, 0.3) is 0 Å². The van der Waals surface area contributed by atoms with Crippen molar-refractivity contribution >= 4 is 17.7 Å². The van der Waals surface area contributed by atoms with E-state index in [-0.39, 0.29) is 11.8 Å². The number of carbonyl (C=O) groups excluding carboxylic acids is 1. The van der Waals surface area contributed by atoms with Crippen LogP contribution in [0.4, 0.5) is 0 Å². The molecule has 7 heteroatoms. The highest BCUT2D eigenvalue weighted by Crippen LogP contribution is 2.22. The van der Waals surface area contributed by atoms with Crippen LogP contribution in [-0.2, 0) is 4.79 Å². The molecule has 16 heavy (non-hydrogen) atoms. The van der Waals surface area contributed by atoms with E-state index in [0.717, 1.165) is 37.7 Å². The van der Waals surface area contributed by atoms with Crippen LogP contribution in [0.1, 0.15) is 6.42 Å². The third-order valence-electron chi connectivity index (χ3n) is 3.04. The zero-order valence-electron chi connectivity index (χ0n) is 9.00. The zero-order chi connectivity index (χ0) is 11.4. The molecule has 2 heterocycles. The van der Waals surface area contributed by atoms with Crippen LogP contribution in [0.25, 0.3) is 10.4 Å². The molecule has 1 amide bonds. The lowest BCUT2D eigenvalue weighted by atomic mass is 9.98. The first kappa shape index (κ1) is 11.6. The molecule has 0 aromatic rings. The highest BCUT2D eigenvalue weighted by molar-refractivity contribution is 7.99. The Kier molecular flexibility index (Phi) is 3.93. The molecule has 88 valence electrons. The Morgan fingerprint density at radius 1 is 1.69 bits per heavy atom. The van der Waals surface area contributed by atoms with Crippen molar-refractivity contribution < 1.29 is 4.79 Å². The molecule has 1 N–H and O–H groups in total. The molecule has 0 aromatic heterocycles. The van der Waals surface area contributed by atoms with Crippen LogP contribution in [0.15, 0.2) is 5.11 Å². The van der Waals surface area contributed by atoms with Gasteiger partial charge in [0.15, 0.2) is 0 Å². The van der Waals surface area contributed by atoms with Gasteiger partial charge in [-0.25, -0.2) is 0 Å². The largest absolute Gasteiger partial charge is 0.332 e. The standard InChI is InChI=1S/C9H15N5OS/c10-13-12-8(7-1-2-11-5-7)9(15)14-3-4-16-6-14/h7-8,11H,1-6H2. The van der Waals surface area contributed by atoms with Gasteiger partial charge in [0.1, 0.15) is 6.04 Å². The first-order valence-electron chi connectivity index (χ1n) is 5.44. The van der Waals surface area contributed by atoms with Crippen molar-refractivity contribution in [2.45, 2.75) is 12.5 Å². The SMILES string of the molecule is [N-]=[N+]=NC(C(=O)N1CCSC1)C1CCNC1. The van der Waals surface area contributed by atoms with Gasteiger partial charge in [0.05, 0.1) is 5.88 Å². The van der Waals surface area contributed by atoms with Crippen molar-refractivity contribution in [1.29, 1.82) is 0 Å². The number of nitrogens with one attached hydrogen (secondary N) is 1. The number of nitrogens with zero attached hydrogens (tertiary/aromatic N) is 4. The van der Waals surface area contributed by atoms with Crippen molar-refractivity contribution in [3.05, 3.63) is 10.4 Å². The molecule has 2 fully saturated rings. The van der Waals surface area contributed by atoms with Crippen molar-refractivity contribution in [1.82, 2.24) is 10.2 Å². The van der Waals surface area contributed by atoms with E-state index in [9.17, 15) is 4.79 Å². The van der Waals surface area contributed by atoms with E-state index in [1.165, 1.54) is 0 Å². The van der Waals surface area contributed by atoms with Gasteiger partial charge in [0.2, 0.25) is 5.91 Å². The normalized spacial score (nSPS) is 26.5. The second-order valence-electron chi connectivity index (χ2n) is 4.04. The summed E-state index contributed by atoms with van der Waals surface area (Å²) in [6.45, 7) is 2.46. The second-order valence-corrected chi connectivity index (χ2v) is 5.12. The maximum atomic E-state index is 12.1. The van der Waals surface area contributed by atoms with Gasteiger partial charge in [-0.05, 0) is 31.0 Å². The third-order valence-corrected chi connectivity index (χ3v) is 4.00. The van der Waals surface area contributed by atoms with Gasteiger partial charge in [-0.3, -0.25) is 4.79 Å². The average molecular weight is 241 g/mol. The smallest absolute Gasteiger partial charge is 0.232 e. The van der Waals surface area contributed by atoms with Gasteiger partial charge in [-0.15, -0.1) is 11.8 Å². The number of thioether (sulfide) groups is 1. The van der Waals surface area contributed by atoms with E-state index < -0.39 is 6.04 Å². The summed E-state index contributed by atoms with van der Waals surface area (Å²) in [6, 6.07) is -0.515. The fourth-order valence-electron chi connectivity index (χ4n) is 2.12. The lowest BCUT2D eigenvalue weighted by Crippen LogP contribution is -2.40. The Morgan fingerprint density at radius 2 is 2.56 bits per heavy atom. The van der Waals surface area contributed by atoms with E-state index in [1.807, 2.05) is 0 Å². The minimum absolute atomic E-state index is 0.00324. The van der Waals surface area contributed by atoms with Gasteiger partial charge in [-0.2, -0.15) is 0 Å². The highest BCUT2D eigenvalue weighted by Gasteiger charge is 2.33. The number of carbonyl (C=O) groups is 1. The topological polar surface area (TPSA) is 81.1 Å². The van der Waals surface area contributed by atoms with E-state index in [1.54, 1.807) is 16.7 Å². The molecular formula is C9H15N5OS. The molecule has 0 aromatic carbocycles. The van der Waals surface area contributed by atoms with Gasteiger partial charge in [-0.1, -0.05) is 5.11 Å². The summed E-state index contributed by atoms with van der Waals surface area (Å²) in [5, 5.41) is 6.89. The Morgan fingerprint density at radius 3 is 3.12 bits per heavy atom. The lowest BCUT2D eigenvalue weighted by Gasteiger charge is -2.22. The first-order chi connectivity index (χ1) is 7.83. The summed E-state index contributed by atoms with van der Waals surface area (Å²) < 4.78 is 0. The quantitative estimate of drug-likeness (QED) is 0.451. The molecule has 0 bridgehead atoms. The van der Waals surface area contributed by atoms with Crippen LogP contribution in [-0.4, -0.2) is 48.1 Å².